The first-order valence-electron chi connectivity index (χ1n) is 5.71. The summed E-state index contributed by atoms with van der Waals surface area (Å²) in [5.41, 5.74) is -5.26. The van der Waals surface area contributed by atoms with Crippen LogP contribution in [0.4, 0.5) is 65.4 Å². The van der Waals surface area contributed by atoms with E-state index in [9.17, 15) is 78.6 Å². The van der Waals surface area contributed by atoms with Gasteiger partial charge in [-0.3, -0.25) is 4.74 Å². The normalized spacial score (nSPS) is 16.5. The highest BCUT2D eigenvalue weighted by Gasteiger charge is 2.78. The smallest absolute Gasteiger partial charge is 0.393 e. The summed E-state index contributed by atoms with van der Waals surface area (Å²) < 4.78 is 209. The first-order chi connectivity index (χ1) is 12.2. The van der Waals surface area contributed by atoms with Crippen molar-refractivity contribution in [2.45, 2.75) is 41.9 Å². The molecule has 21 heteroatoms. The van der Waals surface area contributed by atoms with Gasteiger partial charge in [0.1, 0.15) is 0 Å². The Balaban J connectivity index is 6.06. The highest BCUT2D eigenvalue weighted by molar-refractivity contribution is 7.87. The molecule has 0 bridgehead atoms. The lowest BCUT2D eigenvalue weighted by Crippen LogP contribution is -2.58. The van der Waals surface area contributed by atoms with Gasteiger partial charge in [0.25, 0.3) is 5.44 Å². The largest absolute Gasteiger partial charge is 0.476 e. The van der Waals surface area contributed by atoms with Crippen molar-refractivity contribution in [2.24, 2.45) is 0 Å². The van der Waals surface area contributed by atoms with Crippen LogP contribution in [0.2, 0.25) is 0 Å². The molecule has 5 nitrogen and oxygen atoms in total. The van der Waals surface area contributed by atoms with Gasteiger partial charge in [0.15, 0.2) is 0 Å². The maximum atomic E-state index is 12.8. The van der Waals surface area contributed by atoms with Crippen LogP contribution in [0, 0.1) is 0 Å². The van der Waals surface area contributed by atoms with Gasteiger partial charge in [-0.25, -0.2) is 4.79 Å². The molecule has 0 rings (SSSR count). The van der Waals surface area contributed by atoms with Crippen LogP contribution in [0.5, 0.6) is 0 Å². The molecule has 0 aliphatic rings. The van der Waals surface area contributed by atoms with E-state index >= 15 is 0 Å². The molecule has 0 radical (unpaired) electrons. The first-order valence-corrected chi connectivity index (χ1v) is 7.16. The average molecular weight is 494 g/mol. The second kappa shape index (κ2) is 7.23. The number of hydrogen-bond donors (Lipinski definition) is 0. The van der Waals surface area contributed by atoms with Crippen molar-refractivity contribution in [3.05, 3.63) is 0 Å². The van der Waals surface area contributed by atoms with Crippen LogP contribution >= 0.6 is 0 Å². The summed E-state index contributed by atoms with van der Waals surface area (Å²) >= 11 is 0. The Morgan fingerprint density at radius 1 is 0.655 bits per heavy atom. The number of halogens is 15. The van der Waals surface area contributed by atoms with E-state index < -0.39 is 58.0 Å². The average Bonchev–Trinajstić information content (AvgIpc) is 2.40. The third kappa shape index (κ3) is 5.28. The van der Waals surface area contributed by atoms with Crippen molar-refractivity contribution in [1.82, 2.24) is 0 Å². The lowest BCUT2D eigenvalue weighted by Gasteiger charge is -2.30. The van der Waals surface area contributed by atoms with Crippen molar-refractivity contribution >= 4 is 16.2 Å². The van der Waals surface area contributed by atoms with E-state index in [0.29, 0.717) is 0 Å². The standard InChI is InChI=1S/C8HF15O5S/c9-3(10,5(13,14)15)7(19,20)27-1(24)2(29(23,25)26)28-8(21,22)4(11,12)6(16,17)18/h2H. The molecular formula is C8HF15O5S. The van der Waals surface area contributed by atoms with Crippen molar-refractivity contribution in [3.8, 4) is 0 Å². The van der Waals surface area contributed by atoms with Gasteiger partial charge in [0.2, 0.25) is 0 Å². The van der Waals surface area contributed by atoms with Gasteiger partial charge in [0.05, 0.1) is 0 Å². The summed E-state index contributed by atoms with van der Waals surface area (Å²) in [7, 11) is -7.39. The predicted octanol–water partition coefficient (Wildman–Crippen LogP) is 3.75. The number of esters is 1. The van der Waals surface area contributed by atoms with Gasteiger partial charge in [-0.1, -0.05) is 0 Å². The van der Waals surface area contributed by atoms with Crippen molar-refractivity contribution in [1.29, 1.82) is 0 Å². The minimum atomic E-state index is -7.44. The van der Waals surface area contributed by atoms with Gasteiger partial charge >= 0.3 is 52.6 Å². The molecule has 1 atom stereocenters. The minimum absolute atomic E-state index is 1.92. The van der Waals surface area contributed by atoms with Gasteiger partial charge < -0.3 is 4.74 Å². The van der Waals surface area contributed by atoms with Crippen LogP contribution in [-0.4, -0.2) is 56.2 Å². The van der Waals surface area contributed by atoms with Crippen LogP contribution in [0.3, 0.4) is 0 Å². The van der Waals surface area contributed by atoms with E-state index in [1.54, 1.807) is 0 Å². The molecule has 0 saturated carbocycles. The Hall–Kier alpha value is -1.67. The molecule has 0 aromatic heterocycles. The molecule has 29 heavy (non-hydrogen) atoms. The topological polar surface area (TPSA) is 69.7 Å². The van der Waals surface area contributed by atoms with Crippen LogP contribution in [-0.2, 0) is 24.5 Å². The summed E-state index contributed by atoms with van der Waals surface area (Å²) in [4.78, 5) is 10.8. The molecule has 0 spiro atoms. The zero-order chi connectivity index (χ0) is 24.1. The molecule has 0 amide bonds. The highest BCUT2D eigenvalue weighted by Crippen LogP contribution is 2.49. The predicted molar refractivity (Wildman–Crippen MR) is 52.9 cm³/mol. The van der Waals surface area contributed by atoms with E-state index in [4.69, 9.17) is 0 Å². The second-order valence-corrected chi connectivity index (χ2v) is 5.90. The van der Waals surface area contributed by atoms with Gasteiger partial charge in [-0.15, -0.1) is 3.89 Å². The molecule has 0 saturated heterocycles. The quantitative estimate of drug-likeness (QED) is 0.307. The molecule has 174 valence electrons. The fourth-order valence-electron chi connectivity index (χ4n) is 0.998. The summed E-state index contributed by atoms with van der Waals surface area (Å²) in [5, 5.41) is 0. The van der Waals surface area contributed by atoms with E-state index in [1.807, 2.05) is 9.47 Å². The van der Waals surface area contributed by atoms with Gasteiger partial charge in [0, 0.05) is 0 Å². The number of rotatable bonds is 7. The molecule has 0 aliphatic heterocycles. The molecule has 0 aromatic carbocycles. The van der Waals surface area contributed by atoms with Crippen molar-refractivity contribution in [3.63, 3.8) is 0 Å². The Bertz CT molecular complexity index is 720. The number of carbonyl (C=O) groups is 1. The van der Waals surface area contributed by atoms with Gasteiger partial charge in [-0.2, -0.15) is 69.9 Å². The number of carbonyl (C=O) groups excluding carboxylic acids is 1. The number of alkyl halides is 14. The zero-order valence-corrected chi connectivity index (χ0v) is 13.0. The summed E-state index contributed by atoms with van der Waals surface area (Å²) in [6, 6.07) is 0. The minimum Gasteiger partial charge on any atom is -0.393 e. The lowest BCUT2D eigenvalue weighted by atomic mass is 10.3. The molecule has 0 aromatic rings. The molecule has 0 fully saturated rings. The van der Waals surface area contributed by atoms with Gasteiger partial charge in [-0.05, 0) is 0 Å². The Kier molecular flexibility index (Phi) is 6.82. The van der Waals surface area contributed by atoms with Crippen LogP contribution in [0.25, 0.3) is 0 Å². The Labute approximate surface area is 147 Å². The molecule has 0 aliphatic carbocycles. The SMILES string of the molecule is O=C(OC(F)(F)C(F)(F)C(F)(F)F)C(OC(F)(F)C(F)(F)C(F)(F)F)S(=O)(=O)F. The monoisotopic (exact) mass is 494 g/mol. The maximum Gasteiger partial charge on any atom is 0.476 e. The summed E-state index contributed by atoms with van der Waals surface area (Å²) in [6.45, 7) is 0. The highest BCUT2D eigenvalue weighted by atomic mass is 32.3. The number of hydrogen-bond acceptors (Lipinski definition) is 5. The van der Waals surface area contributed by atoms with Crippen LogP contribution in [0.1, 0.15) is 0 Å². The van der Waals surface area contributed by atoms with E-state index in [-0.39, 0.29) is 0 Å². The summed E-state index contributed by atoms with van der Waals surface area (Å²) in [6.07, 6.45) is -29.0. The lowest BCUT2D eigenvalue weighted by molar-refractivity contribution is -0.430. The van der Waals surface area contributed by atoms with Crippen molar-refractivity contribution in [2.75, 3.05) is 0 Å². The molecular weight excluding hydrogens is 493 g/mol. The molecule has 1 unspecified atom stereocenters. The third-order valence-electron chi connectivity index (χ3n) is 2.38. The third-order valence-corrected chi connectivity index (χ3v) is 3.18. The van der Waals surface area contributed by atoms with E-state index in [0.717, 1.165) is 0 Å². The molecule has 0 N–H and O–H groups in total. The van der Waals surface area contributed by atoms with E-state index in [2.05, 4.69) is 0 Å². The second-order valence-electron chi connectivity index (χ2n) is 4.52. The Morgan fingerprint density at radius 3 is 1.24 bits per heavy atom. The van der Waals surface area contributed by atoms with E-state index in [1.165, 1.54) is 0 Å². The number of ether oxygens (including phenoxy) is 2. The fourth-order valence-corrected chi connectivity index (χ4v) is 1.51. The van der Waals surface area contributed by atoms with Crippen LogP contribution in [0.15, 0.2) is 0 Å². The van der Waals surface area contributed by atoms with Crippen molar-refractivity contribution < 1.29 is 88.0 Å². The first kappa shape index (κ1) is 27.3. The maximum absolute atomic E-state index is 12.8. The van der Waals surface area contributed by atoms with Crippen LogP contribution < -0.4 is 0 Å². The fraction of sp³-hybridized carbons (Fsp3) is 0.875. The Morgan fingerprint density at radius 2 is 0.966 bits per heavy atom. The summed E-state index contributed by atoms with van der Waals surface area (Å²) in [5.74, 6) is -19.0. The molecule has 0 heterocycles. The zero-order valence-electron chi connectivity index (χ0n) is 12.2.